The summed E-state index contributed by atoms with van der Waals surface area (Å²) in [4.78, 5) is -0.324. The molecule has 0 saturated carbocycles. The van der Waals surface area contributed by atoms with Gasteiger partial charge in [0, 0.05) is 12.2 Å². The van der Waals surface area contributed by atoms with Gasteiger partial charge in [-0.15, -0.1) is 11.3 Å². The molecule has 1 aliphatic heterocycles. The fraction of sp³-hybridized carbons (Fsp3) is 0.200. The highest BCUT2D eigenvalue weighted by atomic mass is 32.2. The van der Waals surface area contributed by atoms with Crippen molar-refractivity contribution in [2.45, 2.75) is 21.9 Å². The minimum atomic E-state index is -4.13. The number of halogens is 1. The van der Waals surface area contributed by atoms with Crippen molar-refractivity contribution in [3.05, 3.63) is 65.3 Å². The van der Waals surface area contributed by atoms with E-state index in [-0.39, 0.29) is 20.5 Å². The molecule has 3 aromatic rings. The molecule has 1 aliphatic rings. The van der Waals surface area contributed by atoms with E-state index in [1.54, 1.807) is 29.6 Å². The van der Waals surface area contributed by atoms with Crippen LogP contribution in [0.2, 0.25) is 0 Å². The first-order valence-electron chi connectivity index (χ1n) is 9.28. The number of rotatable bonds is 6. The molecule has 2 heterocycles. The van der Waals surface area contributed by atoms with Gasteiger partial charge in [-0.3, -0.25) is 9.03 Å². The molecule has 0 unspecified atom stereocenters. The third-order valence-corrected chi connectivity index (χ3v) is 9.45. The van der Waals surface area contributed by atoms with Crippen LogP contribution in [0.25, 0.3) is 0 Å². The van der Waals surface area contributed by atoms with Crippen LogP contribution in [-0.2, 0) is 26.5 Å². The van der Waals surface area contributed by atoms with Gasteiger partial charge in [0.25, 0.3) is 20.0 Å². The molecular weight excluding hydrogens is 463 g/mol. The van der Waals surface area contributed by atoms with Crippen LogP contribution in [0.15, 0.2) is 63.0 Å². The summed E-state index contributed by atoms with van der Waals surface area (Å²) in [5.41, 5.74) is 1.48. The number of thiophene rings is 1. The second kappa shape index (κ2) is 8.13. The van der Waals surface area contributed by atoms with Crippen LogP contribution < -0.4 is 13.8 Å². The van der Waals surface area contributed by atoms with Crippen molar-refractivity contribution in [2.24, 2.45) is 0 Å². The molecule has 0 amide bonds. The van der Waals surface area contributed by atoms with Gasteiger partial charge in [0.15, 0.2) is 0 Å². The second-order valence-corrected chi connectivity index (χ2v) is 11.5. The first-order valence-corrected chi connectivity index (χ1v) is 13.1. The zero-order chi connectivity index (χ0) is 22.2. The molecule has 0 spiro atoms. The van der Waals surface area contributed by atoms with Crippen LogP contribution in [-0.4, -0.2) is 30.5 Å². The molecule has 0 atom stereocenters. The lowest BCUT2D eigenvalue weighted by Gasteiger charge is -2.30. The molecule has 0 fully saturated rings. The Morgan fingerprint density at radius 2 is 1.90 bits per heavy atom. The van der Waals surface area contributed by atoms with Gasteiger partial charge in [-0.1, -0.05) is 6.07 Å². The smallest absolute Gasteiger partial charge is 0.273 e. The zero-order valence-corrected chi connectivity index (χ0v) is 18.9. The molecule has 0 radical (unpaired) electrons. The Hall–Kier alpha value is -2.63. The third-order valence-electron chi connectivity index (χ3n) is 4.86. The number of aryl methyl sites for hydroxylation is 1. The molecular formula is C20H19FN2O5S3. The zero-order valence-electron chi connectivity index (χ0n) is 16.4. The summed E-state index contributed by atoms with van der Waals surface area (Å²) < 4.78 is 74.3. The number of hydrogen-bond donors (Lipinski definition) is 1. The van der Waals surface area contributed by atoms with E-state index in [2.05, 4.69) is 4.72 Å². The predicted octanol–water partition coefficient (Wildman–Crippen LogP) is 3.84. The molecule has 0 aliphatic carbocycles. The number of ether oxygens (including phenoxy) is 1. The largest absolute Gasteiger partial charge is 0.495 e. The minimum Gasteiger partial charge on any atom is -0.495 e. The Kier molecular flexibility index (Phi) is 5.67. The van der Waals surface area contributed by atoms with Crippen molar-refractivity contribution in [3.63, 3.8) is 0 Å². The molecule has 11 heteroatoms. The quantitative estimate of drug-likeness (QED) is 0.576. The van der Waals surface area contributed by atoms with E-state index in [0.29, 0.717) is 30.6 Å². The van der Waals surface area contributed by atoms with Crippen LogP contribution in [0, 0.1) is 5.82 Å². The summed E-state index contributed by atoms with van der Waals surface area (Å²) in [5, 5.41) is 1.70. The lowest BCUT2D eigenvalue weighted by Crippen LogP contribution is -2.35. The number of sulfonamides is 2. The summed E-state index contributed by atoms with van der Waals surface area (Å²) in [5.74, 6) is -0.693. The van der Waals surface area contributed by atoms with Gasteiger partial charge in [-0.2, -0.15) is 0 Å². The number of methoxy groups -OCH3 is 1. The number of anilines is 2. The predicted molar refractivity (Wildman–Crippen MR) is 117 cm³/mol. The Bertz CT molecular complexity index is 1320. The van der Waals surface area contributed by atoms with E-state index in [0.717, 1.165) is 23.5 Å². The number of benzene rings is 2. The van der Waals surface area contributed by atoms with Crippen molar-refractivity contribution >= 4 is 42.8 Å². The molecule has 31 heavy (non-hydrogen) atoms. The first-order chi connectivity index (χ1) is 14.7. The normalized spacial score (nSPS) is 14.2. The molecule has 7 nitrogen and oxygen atoms in total. The van der Waals surface area contributed by atoms with E-state index in [1.807, 2.05) is 0 Å². The molecule has 164 valence electrons. The maximum atomic E-state index is 13.6. The Labute approximate surface area is 184 Å². The summed E-state index contributed by atoms with van der Waals surface area (Å²) in [6.07, 6.45) is 1.20. The van der Waals surface area contributed by atoms with Crippen LogP contribution in [0.1, 0.15) is 12.0 Å². The van der Waals surface area contributed by atoms with Crippen molar-refractivity contribution in [2.75, 3.05) is 22.7 Å². The average Bonchev–Trinajstić information content (AvgIpc) is 3.28. The lowest BCUT2D eigenvalue weighted by atomic mass is 10.0. The number of nitrogens with one attached hydrogen (secondary N) is 1. The van der Waals surface area contributed by atoms with Crippen molar-refractivity contribution in [3.8, 4) is 5.75 Å². The molecule has 0 bridgehead atoms. The van der Waals surface area contributed by atoms with Gasteiger partial charge in [0.1, 0.15) is 20.7 Å². The van der Waals surface area contributed by atoms with Crippen LogP contribution in [0.4, 0.5) is 15.8 Å². The summed E-state index contributed by atoms with van der Waals surface area (Å²) in [6, 6.07) is 11.2. The molecule has 1 N–H and O–H groups in total. The fourth-order valence-corrected chi connectivity index (χ4v) is 7.34. The summed E-state index contributed by atoms with van der Waals surface area (Å²) in [7, 11) is -6.51. The third kappa shape index (κ3) is 4.12. The van der Waals surface area contributed by atoms with Gasteiger partial charge >= 0.3 is 0 Å². The van der Waals surface area contributed by atoms with Crippen molar-refractivity contribution in [1.29, 1.82) is 0 Å². The minimum absolute atomic E-state index is 0.0140. The van der Waals surface area contributed by atoms with Gasteiger partial charge in [0.2, 0.25) is 0 Å². The van der Waals surface area contributed by atoms with E-state index >= 15 is 0 Å². The Morgan fingerprint density at radius 3 is 2.61 bits per heavy atom. The fourth-order valence-electron chi connectivity index (χ4n) is 3.47. The SMILES string of the molecule is COc1ccc(F)cc1S(=O)(=O)Nc1ccc2c(c1)CCCN2S(=O)(=O)c1cccs1. The van der Waals surface area contributed by atoms with Gasteiger partial charge in [-0.05, 0) is 66.2 Å². The topological polar surface area (TPSA) is 92.8 Å². The van der Waals surface area contributed by atoms with Gasteiger partial charge in [-0.25, -0.2) is 21.2 Å². The maximum Gasteiger partial charge on any atom is 0.273 e. The number of fused-ring (bicyclic) bond motifs is 1. The Balaban J connectivity index is 1.67. The molecule has 1 aromatic heterocycles. The van der Waals surface area contributed by atoms with E-state index in [1.165, 1.54) is 23.5 Å². The van der Waals surface area contributed by atoms with Crippen molar-refractivity contribution < 1.29 is 26.0 Å². The molecule has 4 rings (SSSR count). The first kappa shape index (κ1) is 21.6. The second-order valence-electron chi connectivity index (χ2n) is 6.86. The number of nitrogens with zero attached hydrogens (tertiary/aromatic N) is 1. The number of hydrogen-bond acceptors (Lipinski definition) is 6. The van der Waals surface area contributed by atoms with E-state index < -0.39 is 25.9 Å². The monoisotopic (exact) mass is 482 g/mol. The lowest BCUT2D eigenvalue weighted by molar-refractivity contribution is 0.401. The van der Waals surface area contributed by atoms with Crippen molar-refractivity contribution in [1.82, 2.24) is 0 Å². The summed E-state index contributed by atoms with van der Waals surface area (Å²) in [6.45, 7) is 0.346. The molecule has 0 saturated heterocycles. The van der Waals surface area contributed by atoms with Crippen LogP contribution >= 0.6 is 11.3 Å². The van der Waals surface area contributed by atoms with Crippen LogP contribution in [0.3, 0.4) is 0 Å². The average molecular weight is 483 g/mol. The summed E-state index contributed by atoms with van der Waals surface area (Å²) >= 11 is 1.15. The maximum absolute atomic E-state index is 13.6. The van der Waals surface area contributed by atoms with E-state index in [4.69, 9.17) is 4.74 Å². The van der Waals surface area contributed by atoms with Crippen LogP contribution in [0.5, 0.6) is 5.75 Å². The Morgan fingerprint density at radius 1 is 1.10 bits per heavy atom. The molecule has 2 aromatic carbocycles. The standard InChI is InChI=1S/C20H19FN2O5S3/c1-28-18-9-6-15(21)13-19(18)30(24,25)22-16-7-8-17-14(12-16)4-2-10-23(17)31(26,27)20-5-3-11-29-20/h3,5-9,11-13,22H,2,4,10H2,1H3. The van der Waals surface area contributed by atoms with E-state index in [9.17, 15) is 21.2 Å². The highest BCUT2D eigenvalue weighted by Gasteiger charge is 2.30. The van der Waals surface area contributed by atoms with Gasteiger partial charge in [0.05, 0.1) is 12.8 Å². The highest BCUT2D eigenvalue weighted by molar-refractivity contribution is 7.94. The van der Waals surface area contributed by atoms with Gasteiger partial charge < -0.3 is 4.74 Å². The highest BCUT2D eigenvalue weighted by Crippen LogP contribution is 2.35.